The van der Waals surface area contributed by atoms with Gasteiger partial charge in [0.15, 0.2) is 11.6 Å². The quantitative estimate of drug-likeness (QED) is 0.589. The van der Waals surface area contributed by atoms with Crippen LogP contribution in [0.4, 0.5) is 0 Å². The van der Waals surface area contributed by atoms with Crippen molar-refractivity contribution < 1.29 is 18.9 Å². The van der Waals surface area contributed by atoms with E-state index in [1.165, 1.54) is 0 Å². The average Bonchev–Trinajstić information content (AvgIpc) is 3.13. The van der Waals surface area contributed by atoms with Gasteiger partial charge >= 0.3 is 0 Å². The first kappa shape index (κ1) is 15.8. The maximum atomic E-state index is 6.11. The van der Waals surface area contributed by atoms with Crippen LogP contribution in [0.15, 0.2) is 12.2 Å². The number of hydrogen-bond donors (Lipinski definition) is 0. The van der Waals surface area contributed by atoms with Gasteiger partial charge in [0, 0.05) is 18.7 Å². The molecule has 2 spiro atoms. The molecule has 0 amide bonds. The van der Waals surface area contributed by atoms with Crippen LogP contribution in [0.25, 0.3) is 0 Å². The van der Waals surface area contributed by atoms with E-state index in [1.807, 2.05) is 6.08 Å². The zero-order valence-electron chi connectivity index (χ0n) is 12.7. The Balaban J connectivity index is 1.87. The minimum absolute atomic E-state index is 0.304. The van der Waals surface area contributed by atoms with Crippen molar-refractivity contribution in [3.05, 3.63) is 12.2 Å². The first-order valence-electron chi connectivity index (χ1n) is 7.95. The van der Waals surface area contributed by atoms with E-state index >= 15 is 0 Å². The molecule has 2 saturated heterocycles. The Morgan fingerprint density at radius 3 is 1.90 bits per heavy atom. The SMILES string of the molecule is CC1(CC/C=C\CCl)C2(CCCC13OCCO3)OCCO2. The molecule has 4 nitrogen and oxygen atoms in total. The fraction of sp³-hybridized carbons (Fsp3) is 0.875. The minimum atomic E-state index is -0.565. The molecule has 3 fully saturated rings. The Bertz CT molecular complexity index is 360. The minimum Gasteiger partial charge on any atom is -0.347 e. The summed E-state index contributed by atoms with van der Waals surface area (Å²) in [4.78, 5) is 0. The average molecular weight is 317 g/mol. The summed E-state index contributed by atoms with van der Waals surface area (Å²) >= 11 is 5.71. The highest BCUT2D eigenvalue weighted by Gasteiger charge is 2.67. The normalized spacial score (nSPS) is 29.8. The van der Waals surface area contributed by atoms with Crippen LogP contribution in [0.5, 0.6) is 0 Å². The van der Waals surface area contributed by atoms with E-state index in [1.54, 1.807) is 0 Å². The van der Waals surface area contributed by atoms with Gasteiger partial charge in [-0.3, -0.25) is 0 Å². The fourth-order valence-electron chi connectivity index (χ4n) is 4.16. The molecule has 1 aliphatic carbocycles. The zero-order valence-corrected chi connectivity index (χ0v) is 13.5. The summed E-state index contributed by atoms with van der Waals surface area (Å²) < 4.78 is 24.4. The molecule has 0 aromatic heterocycles. The first-order valence-corrected chi connectivity index (χ1v) is 8.48. The second-order valence-electron chi connectivity index (χ2n) is 6.25. The van der Waals surface area contributed by atoms with E-state index in [-0.39, 0.29) is 5.41 Å². The lowest BCUT2D eigenvalue weighted by molar-refractivity contribution is -0.363. The summed E-state index contributed by atoms with van der Waals surface area (Å²) in [6.45, 7) is 4.83. The van der Waals surface area contributed by atoms with Crippen LogP contribution in [0.2, 0.25) is 0 Å². The molecule has 0 radical (unpaired) electrons. The predicted molar refractivity (Wildman–Crippen MR) is 80.3 cm³/mol. The molecule has 0 unspecified atom stereocenters. The predicted octanol–water partition coefficient (Wildman–Crippen LogP) is 3.24. The molecule has 3 aliphatic rings. The maximum absolute atomic E-state index is 6.11. The van der Waals surface area contributed by atoms with Crippen LogP contribution in [0, 0.1) is 5.41 Å². The van der Waals surface area contributed by atoms with E-state index in [0.29, 0.717) is 32.3 Å². The Kier molecular flexibility index (Phi) is 4.63. The third-order valence-electron chi connectivity index (χ3n) is 5.27. The van der Waals surface area contributed by atoms with Gasteiger partial charge in [0.25, 0.3) is 0 Å². The number of halogens is 1. The molecule has 2 aliphatic heterocycles. The van der Waals surface area contributed by atoms with Crippen molar-refractivity contribution in [3.63, 3.8) is 0 Å². The summed E-state index contributed by atoms with van der Waals surface area (Å²) in [5.74, 6) is -0.582. The Morgan fingerprint density at radius 1 is 0.905 bits per heavy atom. The van der Waals surface area contributed by atoms with Gasteiger partial charge in [-0.2, -0.15) is 0 Å². The highest BCUT2D eigenvalue weighted by atomic mass is 35.5. The van der Waals surface area contributed by atoms with E-state index in [2.05, 4.69) is 13.0 Å². The second kappa shape index (κ2) is 6.17. The molecule has 5 heteroatoms. The molecule has 0 aromatic rings. The van der Waals surface area contributed by atoms with Crippen LogP contribution < -0.4 is 0 Å². The number of ether oxygens (including phenoxy) is 4. The Hall–Kier alpha value is -0.130. The largest absolute Gasteiger partial charge is 0.347 e. The van der Waals surface area contributed by atoms with E-state index in [9.17, 15) is 0 Å². The van der Waals surface area contributed by atoms with Crippen LogP contribution >= 0.6 is 11.6 Å². The van der Waals surface area contributed by atoms with Crippen molar-refractivity contribution in [2.75, 3.05) is 32.3 Å². The molecule has 2 heterocycles. The molecule has 21 heavy (non-hydrogen) atoms. The molecule has 1 saturated carbocycles. The van der Waals surface area contributed by atoms with Crippen LogP contribution in [0.3, 0.4) is 0 Å². The van der Waals surface area contributed by atoms with Crippen LogP contribution in [0.1, 0.15) is 39.0 Å². The van der Waals surface area contributed by atoms with E-state index in [0.717, 1.165) is 32.1 Å². The number of hydrogen-bond acceptors (Lipinski definition) is 4. The summed E-state index contributed by atoms with van der Waals surface area (Å²) in [7, 11) is 0. The second-order valence-corrected chi connectivity index (χ2v) is 6.56. The van der Waals surface area contributed by atoms with Gasteiger partial charge in [0.2, 0.25) is 0 Å². The molecule has 0 atom stereocenters. The van der Waals surface area contributed by atoms with Crippen molar-refractivity contribution in [2.45, 2.75) is 50.6 Å². The molecule has 0 aromatic carbocycles. The number of allylic oxidation sites excluding steroid dienone is 2. The van der Waals surface area contributed by atoms with Gasteiger partial charge < -0.3 is 18.9 Å². The summed E-state index contributed by atoms with van der Waals surface area (Å²) in [6, 6.07) is 0. The molecule has 3 rings (SSSR count). The summed E-state index contributed by atoms with van der Waals surface area (Å²) in [5.41, 5.74) is -0.304. The van der Waals surface area contributed by atoms with Gasteiger partial charge in [0.1, 0.15) is 0 Å². The lowest BCUT2D eigenvalue weighted by Gasteiger charge is -2.56. The highest BCUT2D eigenvalue weighted by Crippen LogP contribution is 2.59. The van der Waals surface area contributed by atoms with Gasteiger partial charge in [-0.05, 0) is 26.2 Å². The molecular formula is C16H25ClO4. The van der Waals surface area contributed by atoms with Crippen molar-refractivity contribution in [2.24, 2.45) is 5.41 Å². The van der Waals surface area contributed by atoms with Crippen molar-refractivity contribution in [1.29, 1.82) is 0 Å². The molecule has 0 N–H and O–H groups in total. The first-order chi connectivity index (χ1) is 10.2. The third-order valence-corrected chi connectivity index (χ3v) is 5.45. The maximum Gasteiger partial charge on any atom is 0.178 e. The van der Waals surface area contributed by atoms with Crippen molar-refractivity contribution in [1.82, 2.24) is 0 Å². The summed E-state index contributed by atoms with van der Waals surface area (Å²) in [5, 5.41) is 0. The standard InChI is InChI=1S/C16H25ClO4/c1-14(6-3-2-4-9-17)15(18-10-11-19-15)7-5-8-16(14)20-12-13-21-16/h2,4H,3,5-13H2,1H3/b4-2-. The van der Waals surface area contributed by atoms with E-state index < -0.39 is 11.6 Å². The van der Waals surface area contributed by atoms with Gasteiger partial charge in [-0.15, -0.1) is 11.6 Å². The Morgan fingerprint density at radius 2 is 1.43 bits per heavy atom. The fourth-order valence-corrected chi connectivity index (χ4v) is 4.29. The lowest BCUT2D eigenvalue weighted by atomic mass is 9.63. The number of alkyl halides is 1. The molecule has 0 bridgehead atoms. The smallest absolute Gasteiger partial charge is 0.178 e. The van der Waals surface area contributed by atoms with Crippen molar-refractivity contribution >= 4 is 11.6 Å². The highest BCUT2D eigenvalue weighted by molar-refractivity contribution is 6.18. The van der Waals surface area contributed by atoms with Crippen LogP contribution in [-0.4, -0.2) is 43.9 Å². The zero-order chi connectivity index (χ0) is 14.8. The van der Waals surface area contributed by atoms with Gasteiger partial charge in [-0.25, -0.2) is 0 Å². The monoisotopic (exact) mass is 316 g/mol. The lowest BCUT2D eigenvalue weighted by Crippen LogP contribution is -2.64. The Labute approximate surface area is 131 Å². The third kappa shape index (κ3) is 2.45. The number of rotatable bonds is 4. The molecule has 120 valence electrons. The summed E-state index contributed by atoms with van der Waals surface area (Å²) in [6.07, 6.45) is 8.77. The van der Waals surface area contributed by atoms with Gasteiger partial charge in [-0.1, -0.05) is 12.2 Å². The van der Waals surface area contributed by atoms with Gasteiger partial charge in [0.05, 0.1) is 31.8 Å². The van der Waals surface area contributed by atoms with Crippen molar-refractivity contribution in [3.8, 4) is 0 Å². The van der Waals surface area contributed by atoms with E-state index in [4.69, 9.17) is 30.5 Å². The topological polar surface area (TPSA) is 36.9 Å². The molecular weight excluding hydrogens is 292 g/mol. The van der Waals surface area contributed by atoms with Crippen LogP contribution in [-0.2, 0) is 18.9 Å².